The first-order chi connectivity index (χ1) is 8.47. The fraction of sp³-hybridized carbons (Fsp3) is 0.538. The van der Waals surface area contributed by atoms with Gasteiger partial charge in [-0.15, -0.1) is 0 Å². The molecule has 98 valence electrons. The molecule has 18 heavy (non-hydrogen) atoms. The average molecular weight is 251 g/mol. The Morgan fingerprint density at radius 1 is 1.28 bits per heavy atom. The molecule has 2 N–H and O–H groups in total. The molecule has 0 spiro atoms. The first kappa shape index (κ1) is 13.5. The lowest BCUT2D eigenvalue weighted by atomic mass is 9.77. The largest absolute Gasteiger partial charge is 0.488 e. The monoisotopic (exact) mass is 251 g/mol. The molecule has 2 rings (SSSR count). The Morgan fingerprint density at radius 3 is 2.44 bits per heavy atom. The van der Waals surface area contributed by atoms with Gasteiger partial charge in [0.2, 0.25) is 0 Å². The molecular formula is C13H19BFNO2. The summed E-state index contributed by atoms with van der Waals surface area (Å²) in [5.74, 6) is 0.853. The maximum Gasteiger partial charge on any atom is 0.488 e. The maximum absolute atomic E-state index is 13.1. The highest BCUT2D eigenvalue weighted by atomic mass is 19.1. The average Bonchev–Trinajstić information content (AvgIpc) is 2.60. The zero-order valence-corrected chi connectivity index (χ0v) is 10.8. The van der Waals surface area contributed by atoms with E-state index in [4.69, 9.17) is 0 Å². The van der Waals surface area contributed by atoms with Crippen LogP contribution >= 0.6 is 0 Å². The van der Waals surface area contributed by atoms with Crippen LogP contribution in [-0.4, -0.2) is 35.2 Å². The normalized spacial score (nSPS) is 24.5. The van der Waals surface area contributed by atoms with Crippen molar-refractivity contribution < 1.29 is 14.4 Å². The van der Waals surface area contributed by atoms with Crippen molar-refractivity contribution in [3.05, 3.63) is 29.6 Å². The van der Waals surface area contributed by atoms with Gasteiger partial charge in [-0.2, -0.15) is 0 Å². The molecule has 5 heteroatoms. The van der Waals surface area contributed by atoms with E-state index in [0.29, 0.717) is 18.4 Å². The van der Waals surface area contributed by atoms with E-state index in [0.717, 1.165) is 18.7 Å². The molecule has 0 radical (unpaired) electrons. The maximum atomic E-state index is 13.1. The van der Waals surface area contributed by atoms with Gasteiger partial charge < -0.3 is 10.0 Å². The lowest BCUT2D eigenvalue weighted by molar-refractivity contribution is 0.316. The van der Waals surface area contributed by atoms with Gasteiger partial charge in [-0.25, -0.2) is 4.39 Å². The van der Waals surface area contributed by atoms with Gasteiger partial charge in [0.1, 0.15) is 5.82 Å². The van der Waals surface area contributed by atoms with Crippen molar-refractivity contribution in [1.29, 1.82) is 0 Å². The van der Waals surface area contributed by atoms with Gasteiger partial charge in [0.15, 0.2) is 0 Å². The predicted molar refractivity (Wildman–Crippen MR) is 69.8 cm³/mol. The molecule has 0 amide bonds. The van der Waals surface area contributed by atoms with Crippen LogP contribution in [0.25, 0.3) is 0 Å². The van der Waals surface area contributed by atoms with Crippen molar-refractivity contribution in [3.63, 3.8) is 0 Å². The predicted octanol–water partition coefficient (Wildman–Crippen LogP) is 0.593. The summed E-state index contributed by atoms with van der Waals surface area (Å²) < 4.78 is 13.1. The molecule has 3 nitrogen and oxygen atoms in total. The fourth-order valence-electron chi connectivity index (χ4n) is 2.57. The van der Waals surface area contributed by atoms with Gasteiger partial charge in [0, 0.05) is 19.6 Å². The Kier molecular flexibility index (Phi) is 4.05. The second kappa shape index (κ2) is 5.39. The van der Waals surface area contributed by atoms with E-state index < -0.39 is 12.9 Å². The van der Waals surface area contributed by atoms with E-state index >= 15 is 0 Å². The Hall–Kier alpha value is -0.905. The second-order valence-electron chi connectivity index (χ2n) is 5.37. The van der Waals surface area contributed by atoms with Crippen LogP contribution in [0.3, 0.4) is 0 Å². The summed E-state index contributed by atoms with van der Waals surface area (Å²) in [7, 11) is -1.62. The van der Waals surface area contributed by atoms with Gasteiger partial charge >= 0.3 is 7.12 Å². The summed E-state index contributed by atoms with van der Waals surface area (Å²) in [5, 5.41) is 18.6. The molecule has 2 unspecified atom stereocenters. The van der Waals surface area contributed by atoms with Crippen LogP contribution in [0.5, 0.6) is 0 Å². The Labute approximate surface area is 107 Å². The summed E-state index contributed by atoms with van der Waals surface area (Å²) in [6, 6.07) is 4.20. The molecule has 2 atom stereocenters. The standard InChI is InChI=1S/C13H19BFNO2/c1-9-6-16(7-10(9)2)8-11-3-4-12(15)5-13(11)14(17)18/h3-5,9-10,17-18H,6-8H2,1-2H3. The number of nitrogens with zero attached hydrogens (tertiary/aromatic N) is 1. The molecule has 1 aliphatic rings. The van der Waals surface area contributed by atoms with E-state index in [9.17, 15) is 14.4 Å². The number of rotatable bonds is 3. The van der Waals surface area contributed by atoms with Crippen LogP contribution in [0.4, 0.5) is 4.39 Å². The summed E-state index contributed by atoms with van der Waals surface area (Å²) in [4.78, 5) is 2.27. The highest BCUT2D eigenvalue weighted by Crippen LogP contribution is 2.23. The van der Waals surface area contributed by atoms with Crippen LogP contribution in [0, 0.1) is 17.7 Å². The molecule has 1 aliphatic heterocycles. The number of hydrogen-bond donors (Lipinski definition) is 2. The minimum atomic E-state index is -1.62. The van der Waals surface area contributed by atoms with Gasteiger partial charge in [0.25, 0.3) is 0 Å². The van der Waals surface area contributed by atoms with E-state index in [-0.39, 0.29) is 5.46 Å². The lowest BCUT2D eigenvalue weighted by Crippen LogP contribution is -2.35. The van der Waals surface area contributed by atoms with Gasteiger partial charge in [-0.1, -0.05) is 19.9 Å². The third-order valence-corrected chi connectivity index (χ3v) is 3.84. The summed E-state index contributed by atoms with van der Waals surface area (Å²) >= 11 is 0. The van der Waals surface area contributed by atoms with Crippen molar-refractivity contribution in [2.24, 2.45) is 11.8 Å². The number of hydrogen-bond acceptors (Lipinski definition) is 3. The minimum Gasteiger partial charge on any atom is -0.423 e. The highest BCUT2D eigenvalue weighted by Gasteiger charge is 2.27. The number of halogens is 1. The number of likely N-dealkylation sites (tertiary alicyclic amines) is 1. The molecule has 0 aromatic heterocycles. The topological polar surface area (TPSA) is 43.7 Å². The summed E-state index contributed by atoms with van der Waals surface area (Å²) in [6.07, 6.45) is 0. The van der Waals surface area contributed by atoms with Crippen molar-refractivity contribution in [2.45, 2.75) is 20.4 Å². The molecule has 1 aromatic carbocycles. The SMILES string of the molecule is CC1CN(Cc2ccc(F)cc2B(O)O)CC1C. The first-order valence-electron chi connectivity index (χ1n) is 6.34. The van der Waals surface area contributed by atoms with Gasteiger partial charge in [0.05, 0.1) is 0 Å². The van der Waals surface area contributed by atoms with Crippen LogP contribution in [0.2, 0.25) is 0 Å². The van der Waals surface area contributed by atoms with Crippen molar-refractivity contribution in [3.8, 4) is 0 Å². The van der Waals surface area contributed by atoms with E-state index in [1.54, 1.807) is 6.07 Å². The summed E-state index contributed by atoms with van der Waals surface area (Å²) in [5.41, 5.74) is 1.05. The number of benzene rings is 1. The Balaban J connectivity index is 2.14. The Morgan fingerprint density at radius 2 is 1.89 bits per heavy atom. The van der Waals surface area contributed by atoms with Crippen molar-refractivity contribution >= 4 is 12.6 Å². The Bertz CT molecular complexity index is 417. The third-order valence-electron chi connectivity index (χ3n) is 3.84. The van der Waals surface area contributed by atoms with Crippen LogP contribution in [-0.2, 0) is 6.54 Å². The second-order valence-corrected chi connectivity index (χ2v) is 5.37. The first-order valence-corrected chi connectivity index (χ1v) is 6.34. The third kappa shape index (κ3) is 2.91. The molecule has 1 aromatic rings. The molecule has 1 heterocycles. The van der Waals surface area contributed by atoms with Crippen LogP contribution in [0.15, 0.2) is 18.2 Å². The zero-order chi connectivity index (χ0) is 13.3. The van der Waals surface area contributed by atoms with Crippen molar-refractivity contribution in [1.82, 2.24) is 4.90 Å². The van der Waals surface area contributed by atoms with E-state index in [2.05, 4.69) is 18.7 Å². The van der Waals surface area contributed by atoms with Gasteiger partial charge in [-0.3, -0.25) is 4.90 Å². The minimum absolute atomic E-state index is 0.266. The smallest absolute Gasteiger partial charge is 0.423 e. The summed E-state index contributed by atoms with van der Waals surface area (Å²) in [6.45, 7) is 7.08. The van der Waals surface area contributed by atoms with E-state index in [1.165, 1.54) is 12.1 Å². The molecule has 0 bridgehead atoms. The molecule has 1 saturated heterocycles. The van der Waals surface area contributed by atoms with E-state index in [1.807, 2.05) is 0 Å². The quantitative estimate of drug-likeness (QED) is 0.773. The zero-order valence-electron chi connectivity index (χ0n) is 10.8. The highest BCUT2D eigenvalue weighted by molar-refractivity contribution is 6.59. The fourth-order valence-corrected chi connectivity index (χ4v) is 2.57. The van der Waals surface area contributed by atoms with Crippen LogP contribution in [0.1, 0.15) is 19.4 Å². The van der Waals surface area contributed by atoms with Gasteiger partial charge in [-0.05, 0) is 35.0 Å². The molecule has 0 aliphatic carbocycles. The lowest BCUT2D eigenvalue weighted by Gasteiger charge is -2.18. The van der Waals surface area contributed by atoms with Crippen molar-refractivity contribution in [2.75, 3.05) is 13.1 Å². The van der Waals surface area contributed by atoms with Crippen LogP contribution < -0.4 is 5.46 Å². The molecule has 0 saturated carbocycles. The molecule has 1 fully saturated rings. The molecular weight excluding hydrogens is 232 g/mol.